The molecular formula is C15H16FNO3S2. The molecule has 0 unspecified atom stereocenters. The molecular weight excluding hydrogens is 325 g/mol. The number of nitrogens with one attached hydrogen (secondary N) is 1. The molecule has 0 aliphatic carbocycles. The lowest BCUT2D eigenvalue weighted by atomic mass is 10.1. The van der Waals surface area contributed by atoms with Gasteiger partial charge in [-0.3, -0.25) is 4.79 Å². The molecule has 1 N–H and O–H groups in total. The predicted molar refractivity (Wildman–Crippen MR) is 84.0 cm³/mol. The zero-order valence-corrected chi connectivity index (χ0v) is 13.6. The maximum absolute atomic E-state index is 13.4. The predicted octanol–water partition coefficient (Wildman–Crippen LogP) is 2.54. The van der Waals surface area contributed by atoms with E-state index in [4.69, 9.17) is 0 Å². The van der Waals surface area contributed by atoms with Crippen molar-refractivity contribution in [3.63, 3.8) is 0 Å². The third-order valence-corrected chi connectivity index (χ3v) is 6.49. The minimum atomic E-state index is -3.21. The van der Waals surface area contributed by atoms with Crippen LogP contribution in [-0.4, -0.2) is 20.1 Å². The maximum atomic E-state index is 13.4. The maximum Gasteiger partial charge on any atom is 0.224 e. The van der Waals surface area contributed by atoms with Crippen molar-refractivity contribution in [3.8, 4) is 0 Å². The quantitative estimate of drug-likeness (QED) is 0.878. The molecule has 0 spiro atoms. The Kier molecular flexibility index (Phi) is 5.31. The summed E-state index contributed by atoms with van der Waals surface area (Å²) >= 11 is 1.14. The highest BCUT2D eigenvalue weighted by Crippen LogP contribution is 2.22. The van der Waals surface area contributed by atoms with Crippen molar-refractivity contribution in [2.75, 3.05) is 5.75 Å². The van der Waals surface area contributed by atoms with E-state index in [-0.39, 0.29) is 24.6 Å². The lowest BCUT2D eigenvalue weighted by molar-refractivity contribution is -0.120. The first-order chi connectivity index (χ1) is 10.4. The van der Waals surface area contributed by atoms with Gasteiger partial charge in [-0.2, -0.15) is 0 Å². The molecule has 2 aromatic rings. The molecule has 22 heavy (non-hydrogen) atoms. The van der Waals surface area contributed by atoms with Gasteiger partial charge in [0.25, 0.3) is 0 Å². The van der Waals surface area contributed by atoms with Crippen LogP contribution in [0.1, 0.15) is 17.4 Å². The molecule has 0 bridgehead atoms. The van der Waals surface area contributed by atoms with Crippen LogP contribution in [0.4, 0.5) is 4.39 Å². The molecule has 0 radical (unpaired) electrons. The first-order valence-corrected chi connectivity index (χ1v) is 9.21. The zero-order chi connectivity index (χ0) is 16.2. The fraction of sp³-hybridized carbons (Fsp3) is 0.267. The highest BCUT2D eigenvalue weighted by molar-refractivity contribution is 7.93. The fourth-order valence-electron chi connectivity index (χ4n) is 1.83. The number of hydrogen-bond donors (Lipinski definition) is 1. The molecule has 0 atom stereocenters. The van der Waals surface area contributed by atoms with Gasteiger partial charge in [-0.15, -0.1) is 11.3 Å². The lowest BCUT2D eigenvalue weighted by Crippen LogP contribution is -2.24. The van der Waals surface area contributed by atoms with E-state index in [9.17, 15) is 17.6 Å². The van der Waals surface area contributed by atoms with Crippen molar-refractivity contribution in [3.05, 3.63) is 52.7 Å². The zero-order valence-electron chi connectivity index (χ0n) is 12.0. The topological polar surface area (TPSA) is 63.2 Å². The van der Waals surface area contributed by atoms with Gasteiger partial charge < -0.3 is 5.32 Å². The first-order valence-electron chi connectivity index (χ1n) is 6.74. The van der Waals surface area contributed by atoms with Gasteiger partial charge in [0.05, 0.1) is 18.7 Å². The Bertz CT molecular complexity index is 769. The average Bonchev–Trinajstić information content (AvgIpc) is 2.97. The van der Waals surface area contributed by atoms with E-state index >= 15 is 0 Å². The van der Waals surface area contributed by atoms with Crippen LogP contribution in [-0.2, 0) is 27.6 Å². The highest BCUT2D eigenvalue weighted by Gasteiger charge is 2.15. The second-order valence-electron chi connectivity index (χ2n) is 4.67. The summed E-state index contributed by atoms with van der Waals surface area (Å²) in [7, 11) is -3.21. The van der Waals surface area contributed by atoms with Gasteiger partial charge in [0.2, 0.25) is 5.91 Å². The molecule has 0 saturated carbocycles. The normalized spacial score (nSPS) is 11.4. The number of halogens is 1. The van der Waals surface area contributed by atoms with Crippen LogP contribution in [0.5, 0.6) is 0 Å². The third kappa shape index (κ3) is 4.14. The Labute approximate surface area is 132 Å². The van der Waals surface area contributed by atoms with Gasteiger partial charge in [0.1, 0.15) is 10.0 Å². The minimum Gasteiger partial charge on any atom is -0.351 e. The molecule has 1 aromatic carbocycles. The van der Waals surface area contributed by atoms with E-state index in [1.54, 1.807) is 37.3 Å². The second kappa shape index (κ2) is 7.02. The standard InChI is InChI=1S/C15H16FNO3S2/c1-2-22(19,20)15-8-7-12(21-15)10-17-14(18)9-11-5-3-4-6-13(11)16/h3-8H,2,9-10H2,1H3,(H,17,18). The van der Waals surface area contributed by atoms with E-state index in [1.165, 1.54) is 6.07 Å². The third-order valence-electron chi connectivity index (χ3n) is 3.09. The highest BCUT2D eigenvalue weighted by atomic mass is 32.2. The SMILES string of the molecule is CCS(=O)(=O)c1ccc(CNC(=O)Cc2ccccc2F)s1. The summed E-state index contributed by atoms with van der Waals surface area (Å²) in [5.74, 6) is -0.671. The van der Waals surface area contributed by atoms with Crippen LogP contribution in [0.25, 0.3) is 0 Å². The summed E-state index contributed by atoms with van der Waals surface area (Å²) in [6.45, 7) is 1.82. The van der Waals surface area contributed by atoms with Gasteiger partial charge in [0.15, 0.2) is 9.84 Å². The van der Waals surface area contributed by atoms with Gasteiger partial charge in [-0.25, -0.2) is 12.8 Å². The van der Waals surface area contributed by atoms with E-state index in [0.29, 0.717) is 9.77 Å². The van der Waals surface area contributed by atoms with Crippen molar-refractivity contribution < 1.29 is 17.6 Å². The number of thiophene rings is 1. The number of hydrogen-bond acceptors (Lipinski definition) is 4. The second-order valence-corrected chi connectivity index (χ2v) is 8.34. The Hall–Kier alpha value is -1.73. The summed E-state index contributed by atoms with van der Waals surface area (Å²) in [6.07, 6.45) is -0.0435. The number of amides is 1. The molecule has 0 fully saturated rings. The number of benzene rings is 1. The molecule has 0 aliphatic heterocycles. The van der Waals surface area contributed by atoms with E-state index in [1.807, 2.05) is 0 Å². The number of carbonyl (C=O) groups excluding carboxylic acids is 1. The summed E-state index contributed by atoms with van der Waals surface area (Å²) < 4.78 is 37.2. The Morgan fingerprint density at radius 1 is 1.23 bits per heavy atom. The van der Waals surface area contributed by atoms with Gasteiger partial charge >= 0.3 is 0 Å². The molecule has 0 saturated heterocycles. The molecule has 4 nitrogen and oxygen atoms in total. The minimum absolute atomic E-state index is 0.0435. The molecule has 118 valence electrons. The number of carbonyl (C=O) groups is 1. The van der Waals surface area contributed by atoms with Crippen molar-refractivity contribution >= 4 is 27.1 Å². The first kappa shape index (κ1) is 16.6. The molecule has 1 amide bonds. The van der Waals surface area contributed by atoms with Crippen LogP contribution in [0.15, 0.2) is 40.6 Å². The smallest absolute Gasteiger partial charge is 0.224 e. The van der Waals surface area contributed by atoms with Gasteiger partial charge in [0, 0.05) is 4.88 Å². The number of sulfone groups is 1. The lowest BCUT2D eigenvalue weighted by Gasteiger charge is -2.04. The van der Waals surface area contributed by atoms with E-state index in [2.05, 4.69) is 5.32 Å². The number of rotatable bonds is 6. The summed E-state index contributed by atoms with van der Waals surface area (Å²) in [4.78, 5) is 12.6. The summed E-state index contributed by atoms with van der Waals surface area (Å²) in [6, 6.07) is 9.33. The molecule has 0 aliphatic rings. The van der Waals surface area contributed by atoms with E-state index in [0.717, 1.165) is 16.2 Å². The van der Waals surface area contributed by atoms with Gasteiger partial charge in [-0.05, 0) is 23.8 Å². The average molecular weight is 341 g/mol. The molecule has 2 rings (SSSR count). The van der Waals surface area contributed by atoms with Crippen LogP contribution in [0, 0.1) is 5.82 Å². The fourth-order valence-corrected chi connectivity index (χ4v) is 4.24. The Morgan fingerprint density at radius 2 is 1.95 bits per heavy atom. The molecule has 1 aromatic heterocycles. The van der Waals surface area contributed by atoms with Crippen LogP contribution in [0.2, 0.25) is 0 Å². The molecule has 7 heteroatoms. The van der Waals surface area contributed by atoms with Crippen LogP contribution < -0.4 is 5.32 Å². The molecule has 1 heterocycles. The van der Waals surface area contributed by atoms with Gasteiger partial charge in [-0.1, -0.05) is 25.1 Å². The van der Waals surface area contributed by atoms with Crippen molar-refractivity contribution in [1.29, 1.82) is 0 Å². The van der Waals surface area contributed by atoms with E-state index < -0.39 is 15.7 Å². The van der Waals surface area contributed by atoms with Crippen molar-refractivity contribution in [1.82, 2.24) is 5.32 Å². The monoisotopic (exact) mass is 341 g/mol. The Morgan fingerprint density at radius 3 is 2.64 bits per heavy atom. The van der Waals surface area contributed by atoms with Crippen molar-refractivity contribution in [2.45, 2.75) is 24.1 Å². The largest absolute Gasteiger partial charge is 0.351 e. The van der Waals surface area contributed by atoms with Crippen LogP contribution in [0.3, 0.4) is 0 Å². The Balaban J connectivity index is 1.93. The van der Waals surface area contributed by atoms with Crippen molar-refractivity contribution in [2.24, 2.45) is 0 Å². The summed E-state index contributed by atoms with van der Waals surface area (Å²) in [5, 5.41) is 2.67. The summed E-state index contributed by atoms with van der Waals surface area (Å²) in [5.41, 5.74) is 0.334. The van der Waals surface area contributed by atoms with Crippen LogP contribution >= 0.6 is 11.3 Å².